The van der Waals surface area contributed by atoms with Crippen LogP contribution < -0.4 is 14.4 Å². The highest BCUT2D eigenvalue weighted by Gasteiger charge is 2.26. The summed E-state index contributed by atoms with van der Waals surface area (Å²) in [5, 5.41) is 2.83. The molecule has 1 heterocycles. The Morgan fingerprint density at radius 2 is 1.68 bits per heavy atom. The molecule has 34 heavy (non-hydrogen) atoms. The van der Waals surface area contributed by atoms with Gasteiger partial charge in [-0.3, -0.25) is 9.10 Å². The quantitative estimate of drug-likeness (QED) is 0.473. The molecule has 186 valence electrons. The van der Waals surface area contributed by atoms with Crippen LogP contribution in [0.4, 0.5) is 5.69 Å². The summed E-state index contributed by atoms with van der Waals surface area (Å²) >= 11 is 6.09. The van der Waals surface area contributed by atoms with Crippen molar-refractivity contribution >= 4 is 43.2 Å². The predicted molar refractivity (Wildman–Crippen MR) is 131 cm³/mol. The van der Waals surface area contributed by atoms with Crippen molar-refractivity contribution in [2.24, 2.45) is 0 Å². The average molecular weight is 530 g/mol. The highest BCUT2D eigenvalue weighted by atomic mass is 35.5. The van der Waals surface area contributed by atoms with Gasteiger partial charge < -0.3 is 10.1 Å². The Kier molecular flexibility index (Phi) is 8.80. The van der Waals surface area contributed by atoms with Crippen LogP contribution in [0.3, 0.4) is 0 Å². The molecule has 3 rings (SSSR count). The molecule has 0 saturated carbocycles. The van der Waals surface area contributed by atoms with E-state index in [4.69, 9.17) is 16.3 Å². The summed E-state index contributed by atoms with van der Waals surface area (Å²) in [7, 11) is -7.24. The number of anilines is 1. The first-order valence-corrected chi connectivity index (χ1v) is 14.5. The van der Waals surface area contributed by atoms with Gasteiger partial charge in [-0.1, -0.05) is 30.2 Å². The first-order valence-electron chi connectivity index (χ1n) is 10.8. The Balaban J connectivity index is 1.50. The molecule has 0 spiro atoms. The van der Waals surface area contributed by atoms with Gasteiger partial charge in [0.15, 0.2) is 0 Å². The maximum Gasteiger partial charge on any atom is 0.243 e. The molecule has 12 heteroatoms. The van der Waals surface area contributed by atoms with Crippen LogP contribution >= 0.6 is 11.6 Å². The van der Waals surface area contributed by atoms with E-state index in [-0.39, 0.29) is 28.8 Å². The van der Waals surface area contributed by atoms with Gasteiger partial charge in [0.2, 0.25) is 26.0 Å². The lowest BCUT2D eigenvalue weighted by Gasteiger charge is -2.25. The number of nitrogens with one attached hydrogen (secondary N) is 1. The summed E-state index contributed by atoms with van der Waals surface area (Å²) in [6.07, 6.45) is 3.78. The summed E-state index contributed by atoms with van der Waals surface area (Å²) in [4.78, 5) is 12.5. The van der Waals surface area contributed by atoms with Gasteiger partial charge in [-0.05, 0) is 49.2 Å². The van der Waals surface area contributed by atoms with Gasteiger partial charge in [-0.15, -0.1) is 0 Å². The van der Waals surface area contributed by atoms with Gasteiger partial charge in [0, 0.05) is 13.1 Å². The number of hydrogen-bond donors (Lipinski definition) is 1. The number of rotatable bonds is 10. The number of hydrogen-bond acceptors (Lipinski definition) is 6. The molecular weight excluding hydrogens is 502 g/mol. The van der Waals surface area contributed by atoms with Gasteiger partial charge in [-0.25, -0.2) is 16.8 Å². The topological polar surface area (TPSA) is 113 Å². The minimum Gasteiger partial charge on any atom is -0.492 e. The fourth-order valence-corrected chi connectivity index (χ4v) is 6.22. The van der Waals surface area contributed by atoms with Crippen molar-refractivity contribution in [3.8, 4) is 5.75 Å². The van der Waals surface area contributed by atoms with Crippen LogP contribution in [0.25, 0.3) is 0 Å². The number of benzene rings is 2. The van der Waals surface area contributed by atoms with E-state index in [1.54, 1.807) is 30.3 Å². The smallest absolute Gasteiger partial charge is 0.243 e. The third-order valence-corrected chi connectivity index (χ3v) is 8.64. The van der Waals surface area contributed by atoms with E-state index in [2.05, 4.69) is 5.32 Å². The second kappa shape index (κ2) is 11.4. The number of halogens is 1. The Hall–Kier alpha value is -2.34. The highest BCUT2D eigenvalue weighted by molar-refractivity contribution is 7.92. The Morgan fingerprint density at radius 3 is 2.29 bits per heavy atom. The molecule has 0 radical (unpaired) electrons. The van der Waals surface area contributed by atoms with Gasteiger partial charge in [-0.2, -0.15) is 4.31 Å². The molecule has 2 aromatic carbocycles. The molecule has 1 aliphatic rings. The third kappa shape index (κ3) is 6.84. The van der Waals surface area contributed by atoms with Gasteiger partial charge in [0.05, 0.1) is 28.4 Å². The summed E-state index contributed by atoms with van der Waals surface area (Å²) in [5.74, 6) is -0.0578. The van der Waals surface area contributed by atoms with Crippen molar-refractivity contribution in [1.82, 2.24) is 9.62 Å². The predicted octanol–water partition coefficient (Wildman–Crippen LogP) is 2.48. The number of ether oxygens (including phenoxy) is 1. The van der Waals surface area contributed by atoms with Crippen molar-refractivity contribution in [2.75, 3.05) is 43.3 Å². The molecule has 0 aliphatic carbocycles. The monoisotopic (exact) mass is 529 g/mol. The van der Waals surface area contributed by atoms with Crippen molar-refractivity contribution in [1.29, 1.82) is 0 Å². The lowest BCUT2D eigenvalue weighted by atomic mass is 10.2. The Morgan fingerprint density at radius 1 is 1.03 bits per heavy atom. The standard InChI is InChI=1S/C22H28ClN3O6S2/c1-33(28,29)26(21-8-4-3-7-20(21)23)17-22(27)24-13-16-32-18-9-11-19(12-10-18)34(30,31)25-14-5-2-6-15-25/h3-4,7-12H,2,5-6,13-17H2,1H3,(H,24,27). The van der Waals surface area contributed by atoms with Gasteiger partial charge in [0.1, 0.15) is 18.9 Å². The molecule has 0 aromatic heterocycles. The summed E-state index contributed by atoms with van der Waals surface area (Å²) in [6.45, 7) is 0.897. The van der Waals surface area contributed by atoms with Gasteiger partial charge in [0.25, 0.3) is 0 Å². The number of piperidine rings is 1. The largest absolute Gasteiger partial charge is 0.492 e. The van der Waals surface area contributed by atoms with Gasteiger partial charge >= 0.3 is 0 Å². The Labute approximate surface area is 205 Å². The maximum atomic E-state index is 12.7. The minimum atomic E-state index is -3.73. The molecule has 1 fully saturated rings. The first kappa shape index (κ1) is 26.3. The zero-order valence-corrected chi connectivity index (χ0v) is 21.2. The van der Waals surface area contributed by atoms with E-state index in [1.165, 1.54) is 22.5 Å². The van der Waals surface area contributed by atoms with E-state index in [1.807, 2.05) is 0 Å². The fourth-order valence-electron chi connectivity index (χ4n) is 3.54. The number of amides is 1. The molecule has 9 nitrogen and oxygen atoms in total. The van der Waals surface area contributed by atoms with Crippen LogP contribution in [0.5, 0.6) is 5.75 Å². The zero-order valence-electron chi connectivity index (χ0n) is 18.8. The molecule has 0 bridgehead atoms. The molecule has 1 N–H and O–H groups in total. The zero-order chi connectivity index (χ0) is 24.8. The maximum absolute atomic E-state index is 12.7. The molecule has 0 unspecified atom stereocenters. The second-order valence-corrected chi connectivity index (χ2v) is 12.1. The number of sulfonamides is 2. The van der Waals surface area contributed by atoms with Crippen LogP contribution in [-0.4, -0.2) is 66.1 Å². The van der Waals surface area contributed by atoms with E-state index < -0.39 is 32.5 Å². The second-order valence-electron chi connectivity index (χ2n) is 7.86. The normalized spacial score (nSPS) is 15.0. The summed E-state index contributed by atoms with van der Waals surface area (Å²) in [6, 6.07) is 12.5. The number of nitrogens with zero attached hydrogens (tertiary/aromatic N) is 2. The third-order valence-electron chi connectivity index (χ3n) is 5.28. The van der Waals surface area contributed by atoms with Crippen LogP contribution in [-0.2, 0) is 24.8 Å². The first-order chi connectivity index (χ1) is 16.1. The fraction of sp³-hybridized carbons (Fsp3) is 0.409. The van der Waals surface area contributed by atoms with Crippen LogP contribution in [0, 0.1) is 0 Å². The lowest BCUT2D eigenvalue weighted by Crippen LogP contribution is -2.41. The molecule has 1 aliphatic heterocycles. The van der Waals surface area contributed by atoms with Crippen LogP contribution in [0.1, 0.15) is 19.3 Å². The minimum absolute atomic E-state index is 0.120. The lowest BCUT2D eigenvalue weighted by molar-refractivity contribution is -0.119. The number of para-hydroxylation sites is 1. The van der Waals surface area contributed by atoms with Crippen molar-refractivity contribution in [3.05, 3.63) is 53.6 Å². The van der Waals surface area contributed by atoms with Crippen molar-refractivity contribution in [3.63, 3.8) is 0 Å². The van der Waals surface area contributed by atoms with E-state index in [9.17, 15) is 21.6 Å². The molecule has 2 aromatic rings. The number of carbonyl (C=O) groups is 1. The SMILES string of the molecule is CS(=O)(=O)N(CC(=O)NCCOc1ccc(S(=O)(=O)N2CCCCC2)cc1)c1ccccc1Cl. The van der Waals surface area contributed by atoms with E-state index in [0.29, 0.717) is 18.8 Å². The highest BCUT2D eigenvalue weighted by Crippen LogP contribution is 2.27. The average Bonchev–Trinajstić information content (AvgIpc) is 2.81. The van der Waals surface area contributed by atoms with Crippen molar-refractivity contribution < 1.29 is 26.4 Å². The molecule has 1 amide bonds. The molecular formula is C22H28ClN3O6S2. The summed E-state index contributed by atoms with van der Waals surface area (Å²) in [5.41, 5.74) is 0.220. The number of carbonyl (C=O) groups excluding carboxylic acids is 1. The molecule has 0 atom stereocenters. The van der Waals surface area contributed by atoms with E-state index in [0.717, 1.165) is 29.8 Å². The van der Waals surface area contributed by atoms with Crippen LogP contribution in [0.15, 0.2) is 53.4 Å². The Bertz CT molecular complexity index is 1200. The molecule has 1 saturated heterocycles. The van der Waals surface area contributed by atoms with E-state index >= 15 is 0 Å². The van der Waals surface area contributed by atoms with Crippen molar-refractivity contribution in [2.45, 2.75) is 24.2 Å². The van der Waals surface area contributed by atoms with Crippen LogP contribution in [0.2, 0.25) is 5.02 Å². The summed E-state index contributed by atoms with van der Waals surface area (Å²) < 4.78 is 57.7.